The zero-order chi connectivity index (χ0) is 18.6. The van der Waals surface area contributed by atoms with Crippen LogP contribution in [0.5, 0.6) is 5.75 Å². The molecule has 3 aromatic rings. The number of nitrogens with one attached hydrogen (secondary N) is 1. The van der Waals surface area contributed by atoms with Crippen molar-refractivity contribution in [2.24, 2.45) is 0 Å². The average Bonchev–Trinajstić information content (AvgIpc) is 3.39. The Morgan fingerprint density at radius 2 is 2.11 bits per heavy atom. The Labute approximate surface area is 157 Å². The van der Waals surface area contributed by atoms with E-state index >= 15 is 0 Å². The first-order chi connectivity index (χ1) is 13.2. The number of aryl methyl sites for hydroxylation is 1. The SMILES string of the molecule is O=C(c1cc(-c2ccc(O)cc2)n[nH]1)N1CCCC[C@@H]1CCn1ccnc1. The number of hydrogen-bond acceptors (Lipinski definition) is 4. The normalized spacial score (nSPS) is 17.2. The van der Waals surface area contributed by atoms with Crippen LogP contribution in [0.25, 0.3) is 11.3 Å². The van der Waals surface area contributed by atoms with Crippen LogP contribution in [0.15, 0.2) is 49.1 Å². The van der Waals surface area contributed by atoms with Gasteiger partial charge in [0.25, 0.3) is 5.91 Å². The number of benzene rings is 1. The number of piperidine rings is 1. The molecular formula is C20H23N5O2. The molecule has 2 aromatic heterocycles. The van der Waals surface area contributed by atoms with Crippen LogP contribution in [0.1, 0.15) is 36.2 Å². The molecule has 140 valence electrons. The van der Waals surface area contributed by atoms with Gasteiger partial charge in [-0.15, -0.1) is 0 Å². The van der Waals surface area contributed by atoms with Gasteiger partial charge in [-0.05, 0) is 56.0 Å². The summed E-state index contributed by atoms with van der Waals surface area (Å²) in [7, 11) is 0. The number of imidazole rings is 1. The largest absolute Gasteiger partial charge is 0.508 e. The van der Waals surface area contributed by atoms with E-state index in [9.17, 15) is 9.90 Å². The summed E-state index contributed by atoms with van der Waals surface area (Å²) in [6.07, 6.45) is 9.67. The fraction of sp³-hybridized carbons (Fsp3) is 0.350. The molecule has 0 radical (unpaired) electrons. The summed E-state index contributed by atoms with van der Waals surface area (Å²) in [6, 6.07) is 8.82. The summed E-state index contributed by atoms with van der Waals surface area (Å²) in [4.78, 5) is 19.1. The second kappa shape index (κ2) is 7.65. The minimum absolute atomic E-state index is 0.00265. The summed E-state index contributed by atoms with van der Waals surface area (Å²) in [5.41, 5.74) is 2.07. The Kier molecular flexibility index (Phi) is 4.91. The van der Waals surface area contributed by atoms with Crippen LogP contribution < -0.4 is 0 Å². The van der Waals surface area contributed by atoms with Gasteiger partial charge in [-0.1, -0.05) is 0 Å². The van der Waals surface area contributed by atoms with Crippen molar-refractivity contribution in [2.75, 3.05) is 6.54 Å². The molecule has 7 heteroatoms. The molecule has 1 aliphatic rings. The summed E-state index contributed by atoms with van der Waals surface area (Å²) >= 11 is 0. The van der Waals surface area contributed by atoms with Gasteiger partial charge in [-0.2, -0.15) is 5.10 Å². The third-order valence-electron chi connectivity index (χ3n) is 5.14. The maximum atomic E-state index is 13.1. The van der Waals surface area contributed by atoms with E-state index in [1.165, 1.54) is 0 Å². The van der Waals surface area contributed by atoms with Crippen molar-refractivity contribution in [3.8, 4) is 17.0 Å². The quantitative estimate of drug-likeness (QED) is 0.727. The molecule has 1 aromatic carbocycles. The Bertz CT molecular complexity index is 886. The fourth-order valence-electron chi connectivity index (χ4n) is 3.65. The van der Waals surface area contributed by atoms with Crippen LogP contribution in [-0.4, -0.2) is 48.2 Å². The van der Waals surface area contributed by atoms with Gasteiger partial charge in [-0.25, -0.2) is 4.98 Å². The number of carbonyl (C=O) groups is 1. The minimum atomic E-state index is 0.00265. The summed E-state index contributed by atoms with van der Waals surface area (Å²) in [5.74, 6) is 0.211. The summed E-state index contributed by atoms with van der Waals surface area (Å²) in [5, 5.41) is 16.6. The van der Waals surface area contributed by atoms with E-state index in [1.807, 2.05) is 17.4 Å². The van der Waals surface area contributed by atoms with Crippen molar-refractivity contribution >= 4 is 5.91 Å². The second-order valence-electron chi connectivity index (χ2n) is 6.95. The number of likely N-dealkylation sites (tertiary alicyclic amines) is 1. The molecule has 7 nitrogen and oxygen atoms in total. The molecule has 0 aliphatic carbocycles. The molecule has 0 unspecified atom stereocenters. The van der Waals surface area contributed by atoms with Crippen molar-refractivity contribution in [3.63, 3.8) is 0 Å². The summed E-state index contributed by atoms with van der Waals surface area (Å²) < 4.78 is 2.05. The van der Waals surface area contributed by atoms with E-state index < -0.39 is 0 Å². The topological polar surface area (TPSA) is 87.0 Å². The van der Waals surface area contributed by atoms with Crippen LogP contribution in [0.3, 0.4) is 0 Å². The Hall–Kier alpha value is -3.09. The number of aromatic hydroxyl groups is 1. The standard InChI is InChI=1S/C20H23N5O2/c26-17-6-4-15(5-7-17)18-13-19(23-22-18)20(27)25-10-2-1-3-16(25)8-11-24-12-9-21-14-24/h4-7,9,12-14,16,26H,1-3,8,10-11H2,(H,22,23)/t16-/m1/s1. The predicted octanol–water partition coefficient (Wildman–Crippen LogP) is 3.06. The lowest BCUT2D eigenvalue weighted by Crippen LogP contribution is -2.44. The predicted molar refractivity (Wildman–Crippen MR) is 101 cm³/mol. The minimum Gasteiger partial charge on any atom is -0.508 e. The van der Waals surface area contributed by atoms with E-state index in [4.69, 9.17) is 0 Å². The number of rotatable bonds is 5. The number of H-pyrrole nitrogens is 1. The van der Waals surface area contributed by atoms with Gasteiger partial charge >= 0.3 is 0 Å². The number of phenolic OH excluding ortho intramolecular Hbond substituents is 1. The van der Waals surface area contributed by atoms with Crippen LogP contribution >= 0.6 is 0 Å². The number of amides is 1. The highest BCUT2D eigenvalue weighted by atomic mass is 16.3. The van der Waals surface area contributed by atoms with E-state index in [1.54, 1.807) is 36.5 Å². The molecule has 1 aliphatic heterocycles. The number of hydrogen-bond donors (Lipinski definition) is 2. The number of phenols is 1. The number of aromatic nitrogens is 4. The molecule has 0 saturated carbocycles. The van der Waals surface area contributed by atoms with Gasteiger partial charge in [-0.3, -0.25) is 9.89 Å². The fourth-order valence-corrected chi connectivity index (χ4v) is 3.65. The third kappa shape index (κ3) is 3.86. The lowest BCUT2D eigenvalue weighted by Gasteiger charge is -2.35. The highest BCUT2D eigenvalue weighted by Gasteiger charge is 2.28. The molecule has 0 bridgehead atoms. The molecule has 3 heterocycles. The van der Waals surface area contributed by atoms with Crippen LogP contribution in [0.2, 0.25) is 0 Å². The third-order valence-corrected chi connectivity index (χ3v) is 5.14. The highest BCUT2D eigenvalue weighted by Crippen LogP contribution is 2.24. The number of aromatic amines is 1. The van der Waals surface area contributed by atoms with E-state index in [2.05, 4.69) is 19.7 Å². The molecule has 4 rings (SSSR count). The Morgan fingerprint density at radius 3 is 2.89 bits per heavy atom. The van der Waals surface area contributed by atoms with Gasteiger partial charge in [0.1, 0.15) is 11.4 Å². The molecule has 1 amide bonds. The van der Waals surface area contributed by atoms with Crippen LogP contribution in [-0.2, 0) is 6.54 Å². The first kappa shape index (κ1) is 17.3. The average molecular weight is 365 g/mol. The number of carbonyl (C=O) groups excluding carboxylic acids is 1. The zero-order valence-corrected chi connectivity index (χ0v) is 15.1. The maximum absolute atomic E-state index is 13.1. The van der Waals surface area contributed by atoms with Crippen molar-refractivity contribution in [2.45, 2.75) is 38.3 Å². The van der Waals surface area contributed by atoms with Gasteiger partial charge in [0.15, 0.2) is 0 Å². The molecule has 0 spiro atoms. The van der Waals surface area contributed by atoms with Gasteiger partial charge in [0.2, 0.25) is 0 Å². The lowest BCUT2D eigenvalue weighted by molar-refractivity contribution is 0.0589. The van der Waals surface area contributed by atoms with Gasteiger partial charge in [0.05, 0.1) is 12.0 Å². The molecule has 1 saturated heterocycles. The van der Waals surface area contributed by atoms with E-state index in [-0.39, 0.29) is 17.7 Å². The highest BCUT2D eigenvalue weighted by molar-refractivity contribution is 5.93. The van der Waals surface area contributed by atoms with Crippen molar-refractivity contribution in [1.82, 2.24) is 24.6 Å². The second-order valence-corrected chi connectivity index (χ2v) is 6.95. The molecular weight excluding hydrogens is 342 g/mol. The van der Waals surface area contributed by atoms with E-state index in [0.717, 1.165) is 44.3 Å². The Morgan fingerprint density at radius 1 is 1.26 bits per heavy atom. The van der Waals surface area contributed by atoms with Crippen molar-refractivity contribution in [1.29, 1.82) is 0 Å². The van der Waals surface area contributed by atoms with Gasteiger partial charge < -0.3 is 14.6 Å². The number of nitrogens with zero attached hydrogens (tertiary/aromatic N) is 4. The zero-order valence-electron chi connectivity index (χ0n) is 15.1. The monoisotopic (exact) mass is 365 g/mol. The smallest absolute Gasteiger partial charge is 0.272 e. The molecule has 27 heavy (non-hydrogen) atoms. The van der Waals surface area contributed by atoms with Crippen LogP contribution in [0.4, 0.5) is 0 Å². The van der Waals surface area contributed by atoms with Crippen molar-refractivity contribution < 1.29 is 9.90 Å². The lowest BCUT2D eigenvalue weighted by atomic mass is 9.98. The molecule has 1 fully saturated rings. The van der Waals surface area contributed by atoms with Gasteiger partial charge in [0, 0.05) is 37.1 Å². The molecule has 1 atom stereocenters. The maximum Gasteiger partial charge on any atom is 0.272 e. The first-order valence-corrected chi connectivity index (χ1v) is 9.32. The van der Waals surface area contributed by atoms with Crippen molar-refractivity contribution in [3.05, 3.63) is 54.7 Å². The summed E-state index contributed by atoms with van der Waals surface area (Å²) in [6.45, 7) is 1.64. The first-order valence-electron chi connectivity index (χ1n) is 9.32. The Balaban J connectivity index is 1.47. The molecule has 2 N–H and O–H groups in total. The van der Waals surface area contributed by atoms with Crippen LogP contribution in [0, 0.1) is 0 Å². The van der Waals surface area contributed by atoms with E-state index in [0.29, 0.717) is 11.4 Å².